The Morgan fingerprint density at radius 1 is 1.29 bits per heavy atom. The minimum absolute atomic E-state index is 0.148. The van der Waals surface area contributed by atoms with E-state index < -0.39 is 43.2 Å². The number of amides is 1. The van der Waals surface area contributed by atoms with E-state index in [1.165, 1.54) is 17.2 Å². The molecule has 0 aliphatic carbocycles. The van der Waals surface area contributed by atoms with Gasteiger partial charge in [0.15, 0.2) is 29.8 Å². The Labute approximate surface area is 200 Å². The summed E-state index contributed by atoms with van der Waals surface area (Å²) < 4.78 is 12.8. The van der Waals surface area contributed by atoms with Crippen molar-refractivity contribution in [2.75, 3.05) is 12.3 Å². The minimum atomic E-state index is -1.38. The molecule has 3 aromatic rings. The number of anilines is 1. The fraction of sp³-hybridized carbons (Fsp3) is 0.348. The predicted octanol–water partition coefficient (Wildman–Crippen LogP) is 0.395. The van der Waals surface area contributed by atoms with Gasteiger partial charge in [0.1, 0.15) is 24.1 Å². The zero-order valence-electron chi connectivity index (χ0n) is 18.7. The van der Waals surface area contributed by atoms with E-state index in [9.17, 15) is 19.8 Å². The van der Waals surface area contributed by atoms with Crippen LogP contribution in [-0.2, 0) is 19.1 Å². The summed E-state index contributed by atoms with van der Waals surface area (Å²) in [5, 5.41) is 23.5. The standard InChI is InChI=1S/C23H26N6O6/c1-2-3-9-15(31)28-16(13-7-5-4-6-8-13)23(33)35-19-14(10-30)34-22(18(19)32)29-12-27-17-20(24)25-11-26-21(17)29/h2,4-8,11-12,14,16,18-19,22,30,32H,1,3,9-10H2,(H,28,31)(H2,24,25,26)/t14-,16+,18-,19-,22-/m1/s1. The summed E-state index contributed by atoms with van der Waals surface area (Å²) in [5.74, 6) is -1.02. The summed E-state index contributed by atoms with van der Waals surface area (Å²) in [6, 6.07) is 7.45. The van der Waals surface area contributed by atoms with Crippen molar-refractivity contribution >= 4 is 28.9 Å². The van der Waals surface area contributed by atoms with Crippen LogP contribution in [0.3, 0.4) is 0 Å². The quantitative estimate of drug-likeness (QED) is 0.247. The Bertz CT molecular complexity index is 1200. The molecule has 0 unspecified atom stereocenters. The highest BCUT2D eigenvalue weighted by molar-refractivity contribution is 5.85. The van der Waals surface area contributed by atoms with Gasteiger partial charge in [0.05, 0.1) is 12.9 Å². The number of carbonyl (C=O) groups excluding carboxylic acids is 2. The van der Waals surface area contributed by atoms with Gasteiger partial charge >= 0.3 is 5.97 Å². The number of nitrogen functional groups attached to an aromatic ring is 1. The smallest absolute Gasteiger partial charge is 0.333 e. The third-order valence-electron chi connectivity index (χ3n) is 5.65. The summed E-state index contributed by atoms with van der Waals surface area (Å²) >= 11 is 0. The molecule has 0 spiro atoms. The molecular formula is C23H26N6O6. The van der Waals surface area contributed by atoms with Crippen LogP contribution in [0.5, 0.6) is 0 Å². The number of hydrogen-bond acceptors (Lipinski definition) is 10. The van der Waals surface area contributed by atoms with E-state index in [1.807, 2.05) is 0 Å². The minimum Gasteiger partial charge on any atom is -0.455 e. The van der Waals surface area contributed by atoms with Crippen molar-refractivity contribution in [3.05, 3.63) is 61.2 Å². The van der Waals surface area contributed by atoms with Gasteiger partial charge in [-0.05, 0) is 12.0 Å². The highest BCUT2D eigenvalue weighted by Gasteiger charge is 2.48. The summed E-state index contributed by atoms with van der Waals surface area (Å²) in [6.07, 6.45) is 0.0974. The number of nitrogens with one attached hydrogen (secondary N) is 1. The topological polar surface area (TPSA) is 175 Å². The molecule has 5 N–H and O–H groups in total. The van der Waals surface area contributed by atoms with Crippen LogP contribution in [-0.4, -0.2) is 66.5 Å². The monoisotopic (exact) mass is 482 g/mol. The van der Waals surface area contributed by atoms with E-state index in [1.54, 1.807) is 36.4 Å². The van der Waals surface area contributed by atoms with E-state index in [2.05, 4.69) is 26.8 Å². The van der Waals surface area contributed by atoms with Crippen molar-refractivity contribution in [1.29, 1.82) is 0 Å². The second kappa shape index (κ2) is 10.6. The molecule has 0 bridgehead atoms. The second-order valence-electron chi connectivity index (χ2n) is 7.96. The van der Waals surface area contributed by atoms with Crippen molar-refractivity contribution in [2.24, 2.45) is 0 Å². The molecular weight excluding hydrogens is 456 g/mol. The van der Waals surface area contributed by atoms with E-state index in [0.29, 0.717) is 23.1 Å². The molecule has 35 heavy (non-hydrogen) atoms. The van der Waals surface area contributed by atoms with E-state index in [-0.39, 0.29) is 18.1 Å². The van der Waals surface area contributed by atoms with Crippen LogP contribution in [0.2, 0.25) is 0 Å². The number of carbonyl (C=O) groups is 2. The number of imidazole rings is 1. The van der Waals surface area contributed by atoms with Crippen molar-refractivity contribution in [2.45, 2.75) is 43.4 Å². The first-order valence-corrected chi connectivity index (χ1v) is 11.0. The Morgan fingerprint density at radius 2 is 2.06 bits per heavy atom. The van der Waals surface area contributed by atoms with E-state index in [0.717, 1.165) is 0 Å². The van der Waals surface area contributed by atoms with Gasteiger partial charge in [0, 0.05) is 6.42 Å². The van der Waals surface area contributed by atoms with Gasteiger partial charge in [-0.3, -0.25) is 9.36 Å². The zero-order chi connectivity index (χ0) is 24.9. The molecule has 1 aliphatic heterocycles. The van der Waals surface area contributed by atoms with Crippen LogP contribution in [0.4, 0.5) is 5.82 Å². The number of hydrogen-bond donors (Lipinski definition) is 4. The molecule has 3 heterocycles. The number of ether oxygens (including phenoxy) is 2. The Balaban J connectivity index is 1.56. The number of aliphatic hydroxyl groups is 2. The number of aliphatic hydroxyl groups excluding tert-OH is 2. The van der Waals surface area contributed by atoms with Crippen LogP contribution in [0.1, 0.15) is 30.7 Å². The molecule has 1 saturated heterocycles. The molecule has 12 heteroatoms. The molecule has 1 amide bonds. The van der Waals surface area contributed by atoms with Gasteiger partial charge in [-0.25, -0.2) is 19.7 Å². The van der Waals surface area contributed by atoms with Crippen molar-refractivity contribution in [3.63, 3.8) is 0 Å². The lowest BCUT2D eigenvalue weighted by atomic mass is 10.1. The third-order valence-corrected chi connectivity index (χ3v) is 5.65. The lowest BCUT2D eigenvalue weighted by molar-refractivity contribution is -0.160. The molecule has 1 aromatic carbocycles. The lowest BCUT2D eigenvalue weighted by Crippen LogP contribution is -2.42. The van der Waals surface area contributed by atoms with E-state index >= 15 is 0 Å². The SMILES string of the molecule is C=CCCC(=O)N[C@H](C(=O)O[C@H]1[C@@H](O)[C@H](n2cnc3c(N)ncnc32)O[C@@H]1CO)c1ccccc1. The predicted molar refractivity (Wildman–Crippen MR) is 123 cm³/mol. The molecule has 1 aliphatic rings. The number of esters is 1. The number of rotatable bonds is 9. The molecule has 1 fully saturated rings. The first-order valence-electron chi connectivity index (χ1n) is 11.0. The van der Waals surface area contributed by atoms with Gasteiger partial charge in [-0.2, -0.15) is 0 Å². The molecule has 184 valence electrons. The number of benzene rings is 1. The largest absolute Gasteiger partial charge is 0.455 e. The van der Waals surface area contributed by atoms with Gasteiger partial charge in [0.2, 0.25) is 5.91 Å². The first kappa shape index (κ1) is 24.3. The number of allylic oxidation sites excluding steroid dienone is 1. The van der Waals surface area contributed by atoms with Crippen molar-refractivity contribution < 1.29 is 29.3 Å². The number of nitrogens with two attached hydrogens (primary N) is 1. The average Bonchev–Trinajstić information content (AvgIpc) is 3.43. The van der Waals surface area contributed by atoms with Crippen LogP contribution in [0.25, 0.3) is 11.2 Å². The summed E-state index contributed by atoms with van der Waals surface area (Å²) in [5.41, 5.74) is 6.95. The van der Waals surface area contributed by atoms with Crippen LogP contribution in [0.15, 0.2) is 55.6 Å². The van der Waals surface area contributed by atoms with E-state index in [4.69, 9.17) is 15.2 Å². The summed E-state index contributed by atoms with van der Waals surface area (Å²) in [4.78, 5) is 37.7. The maximum absolute atomic E-state index is 13.2. The van der Waals surface area contributed by atoms with Gasteiger partial charge in [-0.15, -0.1) is 6.58 Å². The maximum atomic E-state index is 13.2. The molecule has 4 rings (SSSR count). The molecule has 2 aromatic heterocycles. The first-order chi connectivity index (χ1) is 16.9. The Kier molecular flexibility index (Phi) is 7.34. The highest BCUT2D eigenvalue weighted by Crippen LogP contribution is 2.34. The zero-order valence-corrected chi connectivity index (χ0v) is 18.7. The third kappa shape index (κ3) is 4.99. The lowest BCUT2D eigenvalue weighted by Gasteiger charge is -2.24. The number of aromatic nitrogens is 4. The number of fused-ring (bicyclic) bond motifs is 1. The molecule has 5 atom stereocenters. The normalized spacial score (nSPS) is 22.6. The molecule has 0 radical (unpaired) electrons. The fourth-order valence-corrected chi connectivity index (χ4v) is 3.89. The highest BCUT2D eigenvalue weighted by atomic mass is 16.6. The summed E-state index contributed by atoms with van der Waals surface area (Å²) in [7, 11) is 0. The average molecular weight is 482 g/mol. The van der Waals surface area contributed by atoms with Crippen molar-refractivity contribution in [3.8, 4) is 0 Å². The van der Waals surface area contributed by atoms with Crippen LogP contribution in [0, 0.1) is 0 Å². The molecule has 0 saturated carbocycles. The Morgan fingerprint density at radius 3 is 2.77 bits per heavy atom. The summed E-state index contributed by atoms with van der Waals surface area (Å²) in [6.45, 7) is 3.06. The maximum Gasteiger partial charge on any atom is 0.333 e. The van der Waals surface area contributed by atoms with Crippen LogP contribution >= 0.6 is 0 Å². The fourth-order valence-electron chi connectivity index (χ4n) is 3.89. The van der Waals surface area contributed by atoms with Gasteiger partial charge in [-0.1, -0.05) is 36.4 Å². The molecule has 12 nitrogen and oxygen atoms in total. The van der Waals surface area contributed by atoms with Crippen LogP contribution < -0.4 is 11.1 Å². The second-order valence-corrected chi connectivity index (χ2v) is 7.96. The van der Waals surface area contributed by atoms with Gasteiger partial charge in [0.25, 0.3) is 0 Å². The number of nitrogens with zero attached hydrogens (tertiary/aromatic N) is 4. The Hall–Kier alpha value is -3.87. The van der Waals surface area contributed by atoms with Gasteiger partial charge < -0.3 is 30.7 Å². The van der Waals surface area contributed by atoms with Crippen molar-refractivity contribution in [1.82, 2.24) is 24.8 Å².